The van der Waals surface area contributed by atoms with Crippen molar-refractivity contribution in [1.29, 1.82) is 0 Å². The number of para-hydroxylation sites is 1. The zero-order valence-corrected chi connectivity index (χ0v) is 16.3. The van der Waals surface area contributed by atoms with Crippen LogP contribution in [0.25, 0.3) is 10.9 Å². The van der Waals surface area contributed by atoms with Crippen molar-refractivity contribution in [2.24, 2.45) is 10.9 Å². The number of fused-ring (bicyclic) bond motifs is 3. The van der Waals surface area contributed by atoms with E-state index in [2.05, 4.69) is 15.3 Å². The monoisotopic (exact) mass is 400 g/mol. The fraction of sp³-hybridized carbons (Fsp3) is 0.261. The first kappa shape index (κ1) is 18.4. The fourth-order valence-corrected chi connectivity index (χ4v) is 4.36. The fourth-order valence-electron chi connectivity index (χ4n) is 4.36. The molecule has 150 valence electrons. The SMILES string of the molecule is O=C(Cn1cnc2ccccc2c1=O)N=C1C=CC2C(=C1)NC(=O)C1=C2CCCC1. The van der Waals surface area contributed by atoms with Gasteiger partial charge >= 0.3 is 0 Å². The molecule has 1 aromatic carbocycles. The third-order valence-corrected chi connectivity index (χ3v) is 5.81. The second-order valence-corrected chi connectivity index (χ2v) is 7.73. The van der Waals surface area contributed by atoms with Crippen LogP contribution in [-0.2, 0) is 16.1 Å². The smallest absolute Gasteiger partial charge is 0.266 e. The van der Waals surface area contributed by atoms with Gasteiger partial charge in [-0.25, -0.2) is 9.98 Å². The Morgan fingerprint density at radius 2 is 2.03 bits per heavy atom. The van der Waals surface area contributed by atoms with Crippen molar-refractivity contribution in [3.63, 3.8) is 0 Å². The van der Waals surface area contributed by atoms with Gasteiger partial charge in [0.05, 0.1) is 22.9 Å². The summed E-state index contributed by atoms with van der Waals surface area (Å²) in [6.45, 7) is -0.192. The predicted octanol–water partition coefficient (Wildman–Crippen LogP) is 2.43. The van der Waals surface area contributed by atoms with E-state index in [4.69, 9.17) is 0 Å². The Morgan fingerprint density at radius 3 is 2.93 bits per heavy atom. The topological polar surface area (TPSA) is 93.4 Å². The summed E-state index contributed by atoms with van der Waals surface area (Å²) in [5.74, 6) is -0.440. The number of benzene rings is 1. The van der Waals surface area contributed by atoms with E-state index in [1.54, 1.807) is 24.3 Å². The Morgan fingerprint density at radius 1 is 1.20 bits per heavy atom. The minimum Gasteiger partial charge on any atom is -0.325 e. The molecule has 1 N–H and O–H groups in total. The summed E-state index contributed by atoms with van der Waals surface area (Å²) in [5.41, 5.74) is 3.64. The van der Waals surface area contributed by atoms with Gasteiger partial charge < -0.3 is 5.32 Å². The molecular weight excluding hydrogens is 380 g/mol. The number of amides is 2. The van der Waals surface area contributed by atoms with Gasteiger partial charge in [0, 0.05) is 17.2 Å². The molecule has 0 spiro atoms. The lowest BCUT2D eigenvalue weighted by atomic mass is 9.77. The standard InChI is InChI=1S/C23H20N4O3/c28-21(12-27-13-24-19-8-4-3-7-18(19)23(27)30)25-14-9-10-16-15-5-1-2-6-17(15)22(29)26-20(16)11-14/h3-4,7-11,13,16H,1-2,5-6,12H2,(H,26,29). The van der Waals surface area contributed by atoms with Crippen LogP contribution < -0.4 is 10.9 Å². The number of allylic oxidation sites excluding steroid dienone is 3. The van der Waals surface area contributed by atoms with Gasteiger partial charge in [0.25, 0.3) is 17.4 Å². The third kappa shape index (κ3) is 3.22. The molecule has 2 aliphatic carbocycles. The lowest BCUT2D eigenvalue weighted by Crippen LogP contribution is -2.37. The number of aromatic nitrogens is 2. The first-order chi connectivity index (χ1) is 14.6. The minimum absolute atomic E-state index is 0.0398. The van der Waals surface area contributed by atoms with Crippen LogP contribution >= 0.6 is 0 Å². The number of hydrogen-bond acceptors (Lipinski definition) is 4. The Bertz CT molecular complexity index is 1260. The average Bonchev–Trinajstić information content (AvgIpc) is 2.76. The van der Waals surface area contributed by atoms with Crippen LogP contribution in [0, 0.1) is 5.92 Å². The summed E-state index contributed by atoms with van der Waals surface area (Å²) in [6.07, 6.45) is 10.8. The number of carbonyl (C=O) groups excluding carboxylic acids is 2. The number of nitrogens with one attached hydrogen (secondary N) is 1. The molecule has 2 heterocycles. The molecule has 2 aromatic rings. The van der Waals surface area contributed by atoms with Gasteiger partial charge in [-0.15, -0.1) is 0 Å². The van der Waals surface area contributed by atoms with Gasteiger partial charge in [0.1, 0.15) is 6.54 Å². The highest BCUT2D eigenvalue weighted by Gasteiger charge is 2.33. The minimum atomic E-state index is -0.455. The van der Waals surface area contributed by atoms with Crippen molar-refractivity contribution < 1.29 is 9.59 Å². The van der Waals surface area contributed by atoms with Crippen LogP contribution in [0.1, 0.15) is 25.7 Å². The zero-order chi connectivity index (χ0) is 20.7. The maximum atomic E-state index is 12.6. The Labute approximate surface area is 172 Å². The zero-order valence-electron chi connectivity index (χ0n) is 16.3. The molecule has 1 atom stereocenters. The number of nitrogens with zero attached hydrogens (tertiary/aromatic N) is 3. The van der Waals surface area contributed by atoms with Gasteiger partial charge in [0.15, 0.2) is 0 Å². The van der Waals surface area contributed by atoms with Gasteiger partial charge in [-0.1, -0.05) is 18.2 Å². The summed E-state index contributed by atoms with van der Waals surface area (Å²) in [6, 6.07) is 7.01. The molecule has 7 nitrogen and oxygen atoms in total. The molecule has 3 aliphatic rings. The molecule has 1 aliphatic heterocycles. The highest BCUT2D eigenvalue weighted by Crippen LogP contribution is 2.38. The summed E-state index contributed by atoms with van der Waals surface area (Å²) in [7, 11) is 0. The van der Waals surface area contributed by atoms with E-state index in [9.17, 15) is 14.4 Å². The summed E-state index contributed by atoms with van der Waals surface area (Å²) >= 11 is 0. The van der Waals surface area contributed by atoms with Crippen molar-refractivity contribution in [2.75, 3.05) is 0 Å². The Balaban J connectivity index is 1.39. The van der Waals surface area contributed by atoms with E-state index >= 15 is 0 Å². The molecule has 0 radical (unpaired) electrons. The highest BCUT2D eigenvalue weighted by atomic mass is 16.2. The van der Waals surface area contributed by atoms with Crippen LogP contribution in [0.4, 0.5) is 0 Å². The Hall–Kier alpha value is -3.61. The average molecular weight is 400 g/mol. The van der Waals surface area contributed by atoms with Gasteiger partial charge in [-0.2, -0.15) is 0 Å². The quantitative estimate of drug-likeness (QED) is 0.838. The van der Waals surface area contributed by atoms with Crippen molar-refractivity contribution in [2.45, 2.75) is 32.2 Å². The predicted molar refractivity (Wildman–Crippen MR) is 113 cm³/mol. The lowest BCUT2D eigenvalue weighted by molar-refractivity contribution is -0.118. The van der Waals surface area contributed by atoms with Gasteiger partial charge in [-0.05, 0) is 55.5 Å². The molecule has 1 aromatic heterocycles. The summed E-state index contributed by atoms with van der Waals surface area (Å²) in [5, 5.41) is 3.42. The first-order valence-corrected chi connectivity index (χ1v) is 10.1. The largest absolute Gasteiger partial charge is 0.325 e. The summed E-state index contributed by atoms with van der Waals surface area (Å²) in [4.78, 5) is 45.8. The van der Waals surface area contributed by atoms with E-state index in [0.29, 0.717) is 16.6 Å². The van der Waals surface area contributed by atoms with Crippen molar-refractivity contribution in [3.05, 3.63) is 76.0 Å². The van der Waals surface area contributed by atoms with Crippen LogP contribution in [-0.4, -0.2) is 27.1 Å². The van der Waals surface area contributed by atoms with Gasteiger partial charge in [-0.3, -0.25) is 19.0 Å². The van der Waals surface area contributed by atoms with Crippen molar-refractivity contribution in [3.8, 4) is 0 Å². The maximum absolute atomic E-state index is 12.6. The molecule has 0 fully saturated rings. The Kier molecular flexibility index (Phi) is 4.50. The van der Waals surface area contributed by atoms with E-state index in [1.165, 1.54) is 16.5 Å². The maximum Gasteiger partial charge on any atom is 0.266 e. The number of rotatable bonds is 2. The molecule has 0 saturated heterocycles. The molecule has 0 saturated carbocycles. The van der Waals surface area contributed by atoms with E-state index in [0.717, 1.165) is 37.0 Å². The van der Waals surface area contributed by atoms with Crippen LogP contribution in [0.5, 0.6) is 0 Å². The van der Waals surface area contributed by atoms with Gasteiger partial charge in [0.2, 0.25) is 0 Å². The van der Waals surface area contributed by atoms with Crippen LogP contribution in [0.15, 0.2) is 75.5 Å². The second-order valence-electron chi connectivity index (χ2n) is 7.73. The number of hydrogen-bond donors (Lipinski definition) is 1. The summed E-state index contributed by atoms with van der Waals surface area (Å²) < 4.78 is 1.26. The second kappa shape index (κ2) is 7.33. The molecule has 0 bridgehead atoms. The van der Waals surface area contributed by atoms with Crippen molar-refractivity contribution >= 4 is 28.4 Å². The lowest BCUT2D eigenvalue weighted by Gasteiger charge is -2.33. The molecule has 5 rings (SSSR count). The molecule has 30 heavy (non-hydrogen) atoms. The molecule has 2 amide bonds. The number of carbonyl (C=O) groups is 2. The molecule has 1 unspecified atom stereocenters. The van der Waals surface area contributed by atoms with E-state index < -0.39 is 5.91 Å². The molecular formula is C23H20N4O3. The van der Waals surface area contributed by atoms with E-state index in [-0.39, 0.29) is 23.9 Å². The van der Waals surface area contributed by atoms with Crippen molar-refractivity contribution in [1.82, 2.24) is 14.9 Å². The van der Waals surface area contributed by atoms with Crippen LogP contribution in [0.2, 0.25) is 0 Å². The van der Waals surface area contributed by atoms with Crippen LogP contribution in [0.3, 0.4) is 0 Å². The number of aliphatic imine (C=N–C) groups is 1. The highest BCUT2D eigenvalue weighted by molar-refractivity contribution is 6.11. The first-order valence-electron chi connectivity index (χ1n) is 10.1. The third-order valence-electron chi connectivity index (χ3n) is 5.81. The van der Waals surface area contributed by atoms with E-state index in [1.807, 2.05) is 18.2 Å². The molecule has 7 heteroatoms. The normalized spacial score (nSPS) is 21.9.